The molecular formula is C26H29NO6. The van der Waals surface area contributed by atoms with Crippen molar-refractivity contribution in [2.24, 2.45) is 11.8 Å². The standard InChI is InChI=1S/C26H29NO6/c1-4-31-23(28)21-16-22(33-24(29)20(21)15-18-11-7-5-8-12-18)26(2,3)27-25(30)32-17-19-13-9-6-10-14-19/h5-14,16,20-21H,4,15,17H2,1-3H3,(H,27,30)/t20-,21-/m1/s1. The number of carbonyl (C=O) groups is 3. The van der Waals surface area contributed by atoms with Crippen LogP contribution in [0, 0.1) is 11.8 Å². The molecule has 1 heterocycles. The van der Waals surface area contributed by atoms with E-state index in [2.05, 4.69) is 5.32 Å². The van der Waals surface area contributed by atoms with Crippen molar-refractivity contribution in [3.8, 4) is 0 Å². The van der Waals surface area contributed by atoms with Crippen molar-refractivity contribution in [2.45, 2.75) is 39.3 Å². The van der Waals surface area contributed by atoms with Crippen LogP contribution in [0.15, 0.2) is 72.5 Å². The first-order chi connectivity index (χ1) is 15.8. The molecule has 2 aromatic rings. The Morgan fingerprint density at radius 2 is 1.58 bits per heavy atom. The van der Waals surface area contributed by atoms with Gasteiger partial charge in [-0.05, 0) is 44.4 Å². The molecular weight excluding hydrogens is 422 g/mol. The zero-order valence-corrected chi connectivity index (χ0v) is 19.1. The van der Waals surface area contributed by atoms with E-state index in [0.29, 0.717) is 6.42 Å². The molecule has 0 fully saturated rings. The average molecular weight is 452 g/mol. The van der Waals surface area contributed by atoms with Crippen LogP contribution in [0.3, 0.4) is 0 Å². The molecule has 1 amide bonds. The maximum absolute atomic E-state index is 13.0. The van der Waals surface area contributed by atoms with E-state index in [1.807, 2.05) is 60.7 Å². The molecule has 7 heteroatoms. The Balaban J connectivity index is 1.75. The number of esters is 2. The zero-order chi connectivity index (χ0) is 23.8. The van der Waals surface area contributed by atoms with Crippen molar-refractivity contribution >= 4 is 18.0 Å². The molecule has 2 aromatic carbocycles. The first-order valence-corrected chi connectivity index (χ1v) is 10.9. The molecule has 0 spiro atoms. The van der Waals surface area contributed by atoms with Gasteiger partial charge in [-0.3, -0.25) is 9.59 Å². The monoisotopic (exact) mass is 451 g/mol. The van der Waals surface area contributed by atoms with Crippen molar-refractivity contribution in [1.82, 2.24) is 5.32 Å². The highest BCUT2D eigenvalue weighted by Gasteiger charge is 2.43. The van der Waals surface area contributed by atoms with Crippen LogP contribution in [-0.2, 0) is 36.8 Å². The van der Waals surface area contributed by atoms with E-state index in [-0.39, 0.29) is 19.0 Å². The summed E-state index contributed by atoms with van der Waals surface area (Å²) in [5, 5.41) is 2.71. The lowest BCUT2D eigenvalue weighted by Gasteiger charge is -2.34. The number of hydrogen-bond acceptors (Lipinski definition) is 6. The Bertz CT molecular complexity index is 1000. The number of carbonyl (C=O) groups excluding carboxylic acids is 3. The van der Waals surface area contributed by atoms with Crippen LogP contribution in [0.1, 0.15) is 31.9 Å². The molecule has 0 aliphatic carbocycles. The van der Waals surface area contributed by atoms with E-state index in [4.69, 9.17) is 14.2 Å². The van der Waals surface area contributed by atoms with Crippen molar-refractivity contribution in [1.29, 1.82) is 0 Å². The smallest absolute Gasteiger partial charge is 0.408 e. The van der Waals surface area contributed by atoms with E-state index >= 15 is 0 Å². The van der Waals surface area contributed by atoms with Gasteiger partial charge in [0.25, 0.3) is 0 Å². The predicted molar refractivity (Wildman–Crippen MR) is 122 cm³/mol. The molecule has 2 atom stereocenters. The minimum Gasteiger partial charge on any atom is -0.466 e. The lowest BCUT2D eigenvalue weighted by molar-refractivity contribution is -0.159. The summed E-state index contributed by atoms with van der Waals surface area (Å²) in [6.07, 6.45) is 1.24. The van der Waals surface area contributed by atoms with E-state index in [9.17, 15) is 14.4 Å². The fourth-order valence-electron chi connectivity index (χ4n) is 3.60. The normalized spacial score (nSPS) is 18.0. The van der Waals surface area contributed by atoms with Crippen molar-refractivity contribution in [3.63, 3.8) is 0 Å². The molecule has 0 unspecified atom stereocenters. The molecule has 3 rings (SSSR count). The third-order valence-corrected chi connectivity index (χ3v) is 5.38. The second-order valence-corrected chi connectivity index (χ2v) is 8.34. The molecule has 1 aliphatic heterocycles. The van der Waals surface area contributed by atoms with Crippen molar-refractivity contribution in [3.05, 3.63) is 83.6 Å². The highest BCUT2D eigenvalue weighted by atomic mass is 16.6. The Morgan fingerprint density at radius 1 is 0.970 bits per heavy atom. The lowest BCUT2D eigenvalue weighted by Crippen LogP contribution is -2.49. The summed E-state index contributed by atoms with van der Waals surface area (Å²) in [4.78, 5) is 38.1. The van der Waals surface area contributed by atoms with Gasteiger partial charge in [-0.2, -0.15) is 0 Å². The maximum Gasteiger partial charge on any atom is 0.408 e. The number of amides is 1. The topological polar surface area (TPSA) is 90.9 Å². The summed E-state index contributed by atoms with van der Waals surface area (Å²) in [7, 11) is 0. The largest absolute Gasteiger partial charge is 0.466 e. The lowest BCUT2D eigenvalue weighted by atomic mass is 9.83. The van der Waals surface area contributed by atoms with Crippen LogP contribution < -0.4 is 5.32 Å². The first-order valence-electron chi connectivity index (χ1n) is 10.9. The Kier molecular flexibility index (Phi) is 7.87. The summed E-state index contributed by atoms with van der Waals surface area (Å²) in [5.41, 5.74) is 0.665. The molecule has 0 aromatic heterocycles. The summed E-state index contributed by atoms with van der Waals surface area (Å²) in [6, 6.07) is 18.7. The first kappa shape index (κ1) is 24.0. The van der Waals surface area contributed by atoms with Gasteiger partial charge in [-0.15, -0.1) is 0 Å². The molecule has 33 heavy (non-hydrogen) atoms. The predicted octanol–water partition coefficient (Wildman–Crippen LogP) is 4.17. The summed E-state index contributed by atoms with van der Waals surface area (Å²) < 4.78 is 16.1. The second-order valence-electron chi connectivity index (χ2n) is 8.34. The van der Waals surface area contributed by atoms with Crippen LogP contribution in [-0.4, -0.2) is 30.2 Å². The number of hydrogen-bond donors (Lipinski definition) is 1. The van der Waals surface area contributed by atoms with Crippen LogP contribution in [0.5, 0.6) is 0 Å². The van der Waals surface area contributed by atoms with Gasteiger partial charge in [-0.1, -0.05) is 60.7 Å². The number of rotatable bonds is 8. The molecule has 0 saturated heterocycles. The Hall–Kier alpha value is -3.61. The third kappa shape index (κ3) is 6.44. The molecule has 174 valence electrons. The number of ether oxygens (including phenoxy) is 3. The second kappa shape index (κ2) is 10.8. The average Bonchev–Trinajstić information content (AvgIpc) is 2.80. The van der Waals surface area contributed by atoms with E-state index < -0.39 is 35.4 Å². The number of cyclic esters (lactones) is 1. The third-order valence-electron chi connectivity index (χ3n) is 5.38. The molecule has 0 bridgehead atoms. The van der Waals surface area contributed by atoms with E-state index in [0.717, 1.165) is 11.1 Å². The van der Waals surface area contributed by atoms with Crippen molar-refractivity contribution < 1.29 is 28.6 Å². The molecule has 1 aliphatic rings. The fraction of sp³-hybridized carbons (Fsp3) is 0.346. The highest BCUT2D eigenvalue weighted by molar-refractivity contribution is 5.86. The molecule has 1 N–H and O–H groups in total. The Morgan fingerprint density at radius 3 is 2.18 bits per heavy atom. The Labute approximate surface area is 193 Å². The van der Waals surface area contributed by atoms with Gasteiger partial charge in [0.1, 0.15) is 12.4 Å². The van der Waals surface area contributed by atoms with Gasteiger partial charge in [0.2, 0.25) is 0 Å². The van der Waals surface area contributed by atoms with E-state index in [1.54, 1.807) is 26.8 Å². The maximum atomic E-state index is 13.0. The number of nitrogens with one attached hydrogen (secondary N) is 1. The molecule has 7 nitrogen and oxygen atoms in total. The van der Waals surface area contributed by atoms with E-state index in [1.165, 1.54) is 0 Å². The van der Waals surface area contributed by atoms with Crippen LogP contribution >= 0.6 is 0 Å². The van der Waals surface area contributed by atoms with Crippen LogP contribution in [0.25, 0.3) is 0 Å². The SMILES string of the molecule is CCOC(=O)[C@@H]1C=C(C(C)(C)NC(=O)OCc2ccccc2)OC(=O)[C@@H]1Cc1ccccc1. The summed E-state index contributed by atoms with van der Waals surface area (Å²) in [6.45, 7) is 5.36. The van der Waals surface area contributed by atoms with Gasteiger partial charge in [-0.25, -0.2) is 4.79 Å². The van der Waals surface area contributed by atoms with Crippen molar-refractivity contribution in [2.75, 3.05) is 6.61 Å². The van der Waals surface area contributed by atoms with Gasteiger partial charge < -0.3 is 19.5 Å². The fourth-order valence-corrected chi connectivity index (χ4v) is 3.60. The molecule has 0 radical (unpaired) electrons. The van der Waals surface area contributed by atoms with Gasteiger partial charge >= 0.3 is 18.0 Å². The quantitative estimate of drug-likeness (QED) is 0.479. The van der Waals surface area contributed by atoms with Gasteiger partial charge in [0.05, 0.1) is 24.0 Å². The minimum atomic E-state index is -1.09. The summed E-state index contributed by atoms with van der Waals surface area (Å²) >= 11 is 0. The number of benzene rings is 2. The zero-order valence-electron chi connectivity index (χ0n) is 19.1. The summed E-state index contributed by atoms with van der Waals surface area (Å²) in [5.74, 6) is -2.43. The van der Waals surface area contributed by atoms with Crippen LogP contribution in [0.2, 0.25) is 0 Å². The minimum absolute atomic E-state index is 0.103. The molecule has 0 saturated carbocycles. The van der Waals surface area contributed by atoms with Gasteiger partial charge in [0, 0.05) is 0 Å². The van der Waals surface area contributed by atoms with Gasteiger partial charge in [0.15, 0.2) is 0 Å². The highest BCUT2D eigenvalue weighted by Crippen LogP contribution is 2.33. The number of alkyl carbamates (subject to hydrolysis) is 1. The van der Waals surface area contributed by atoms with Crippen LogP contribution in [0.4, 0.5) is 4.79 Å².